The Labute approximate surface area is 88.8 Å². The zero-order chi connectivity index (χ0) is 10.3. The summed E-state index contributed by atoms with van der Waals surface area (Å²) >= 11 is 0. The van der Waals surface area contributed by atoms with Gasteiger partial charge in [0.25, 0.3) is 0 Å². The van der Waals surface area contributed by atoms with Crippen molar-refractivity contribution in [1.29, 1.82) is 0 Å². The van der Waals surface area contributed by atoms with Gasteiger partial charge in [0.1, 0.15) is 0 Å². The summed E-state index contributed by atoms with van der Waals surface area (Å²) in [6.07, 6.45) is 6.59. The van der Waals surface area contributed by atoms with Crippen molar-refractivity contribution < 1.29 is 9.22 Å². The van der Waals surface area contributed by atoms with Crippen molar-refractivity contribution in [1.82, 2.24) is 0 Å². The van der Waals surface area contributed by atoms with E-state index < -0.39 is 0 Å². The minimum Gasteiger partial charge on any atom is -0.331 e. The molecule has 1 fully saturated rings. The fraction of sp³-hybridized carbons (Fsp3) is 1.00. The van der Waals surface area contributed by atoms with Gasteiger partial charge in [-0.15, -0.1) is 0 Å². The maximum atomic E-state index is 5.65. The maximum Gasteiger partial charge on any atom is 0.183 e. The first-order chi connectivity index (χ1) is 6.83. The van der Waals surface area contributed by atoms with Crippen LogP contribution in [0.1, 0.15) is 46.0 Å². The van der Waals surface area contributed by atoms with Gasteiger partial charge in [-0.05, 0) is 12.8 Å². The van der Waals surface area contributed by atoms with Crippen molar-refractivity contribution in [2.75, 3.05) is 33.0 Å². The molecule has 0 N–H and O–H groups in total. The second kappa shape index (κ2) is 6.41. The number of rotatable bonds is 6. The number of unbranched alkanes of at least 4 members (excludes halogenated alkanes) is 2. The molecule has 0 aromatic carbocycles. The highest BCUT2D eigenvalue weighted by molar-refractivity contribution is 4.49. The molecule has 1 aliphatic rings. The second-order valence-electron chi connectivity index (χ2n) is 4.61. The van der Waals surface area contributed by atoms with Crippen LogP contribution in [0, 0.1) is 0 Å². The van der Waals surface area contributed by atoms with E-state index >= 15 is 0 Å². The molecule has 0 aromatic heterocycles. The summed E-state index contributed by atoms with van der Waals surface area (Å²) in [5, 5.41) is 0. The van der Waals surface area contributed by atoms with Gasteiger partial charge in [-0.2, -0.15) is 0 Å². The summed E-state index contributed by atoms with van der Waals surface area (Å²) < 4.78 is 6.89. The summed E-state index contributed by atoms with van der Waals surface area (Å²) in [7, 11) is 0. The fourth-order valence-electron chi connectivity index (χ4n) is 2.28. The van der Waals surface area contributed by atoms with Crippen molar-refractivity contribution in [2.45, 2.75) is 46.0 Å². The molecule has 0 unspecified atom stereocenters. The van der Waals surface area contributed by atoms with Crippen molar-refractivity contribution in [3.05, 3.63) is 0 Å². The van der Waals surface area contributed by atoms with Crippen LogP contribution in [0.4, 0.5) is 0 Å². The molecule has 1 heterocycles. The minimum absolute atomic E-state index is 0.972. The smallest absolute Gasteiger partial charge is 0.183 e. The van der Waals surface area contributed by atoms with Crippen LogP contribution in [0.15, 0.2) is 0 Å². The number of hydrogen-bond donors (Lipinski definition) is 0. The van der Waals surface area contributed by atoms with Crippen LogP contribution in [0.3, 0.4) is 0 Å². The quantitative estimate of drug-likeness (QED) is 0.599. The molecule has 0 radical (unpaired) electrons. The lowest BCUT2D eigenvalue weighted by atomic mass is 10.2. The molecule has 84 valence electrons. The molecule has 0 aromatic rings. The third kappa shape index (κ3) is 3.58. The average Bonchev–Trinajstić information content (AvgIpc) is 2.25. The lowest BCUT2D eigenvalue weighted by Crippen LogP contribution is -2.54. The first-order valence-corrected chi connectivity index (χ1v) is 6.26. The molecule has 1 aliphatic heterocycles. The minimum atomic E-state index is 0.972. The monoisotopic (exact) mass is 200 g/mol. The van der Waals surface area contributed by atoms with Gasteiger partial charge in [-0.1, -0.05) is 26.7 Å². The van der Waals surface area contributed by atoms with Gasteiger partial charge in [0.05, 0.1) is 26.2 Å². The first kappa shape index (κ1) is 12.0. The van der Waals surface area contributed by atoms with E-state index in [9.17, 15) is 0 Å². The molecule has 14 heavy (non-hydrogen) atoms. The van der Waals surface area contributed by atoms with Crippen LogP contribution in [0.25, 0.3) is 0 Å². The molecular weight excluding hydrogens is 174 g/mol. The highest BCUT2D eigenvalue weighted by Gasteiger charge is 2.28. The van der Waals surface area contributed by atoms with Gasteiger partial charge in [-0.3, -0.25) is 0 Å². The van der Waals surface area contributed by atoms with Gasteiger partial charge in [0.15, 0.2) is 6.73 Å². The van der Waals surface area contributed by atoms with E-state index in [1.54, 1.807) is 0 Å². The van der Waals surface area contributed by atoms with Crippen LogP contribution in [0.2, 0.25) is 0 Å². The van der Waals surface area contributed by atoms with Crippen molar-refractivity contribution in [2.24, 2.45) is 0 Å². The zero-order valence-corrected chi connectivity index (χ0v) is 9.93. The molecule has 1 saturated heterocycles. The Bertz CT molecular complexity index is 131. The van der Waals surface area contributed by atoms with E-state index in [-0.39, 0.29) is 0 Å². The number of hydrogen-bond acceptors (Lipinski definition) is 1. The molecular formula is C12H26NO+. The van der Waals surface area contributed by atoms with Crippen LogP contribution in [0.5, 0.6) is 0 Å². The molecule has 1 rings (SSSR count). The summed E-state index contributed by atoms with van der Waals surface area (Å²) in [4.78, 5) is 0. The van der Waals surface area contributed by atoms with E-state index in [2.05, 4.69) is 13.8 Å². The number of nitrogens with zero attached hydrogens (tertiary/aromatic N) is 1. The van der Waals surface area contributed by atoms with Gasteiger partial charge in [-0.25, -0.2) is 0 Å². The molecule has 0 atom stereocenters. The van der Waals surface area contributed by atoms with E-state index in [1.165, 1.54) is 56.2 Å². The lowest BCUT2D eigenvalue weighted by Gasteiger charge is -2.41. The third-order valence-corrected chi connectivity index (χ3v) is 3.26. The molecule has 0 saturated carbocycles. The molecule has 2 heteroatoms. The molecule has 0 spiro atoms. The summed E-state index contributed by atoms with van der Waals surface area (Å²) in [5.74, 6) is 0. The van der Waals surface area contributed by atoms with E-state index in [1.807, 2.05) is 0 Å². The Kier molecular flexibility index (Phi) is 5.49. The Balaban J connectivity index is 2.39. The largest absolute Gasteiger partial charge is 0.331 e. The average molecular weight is 200 g/mol. The van der Waals surface area contributed by atoms with E-state index in [0.717, 1.165) is 13.3 Å². The molecule has 0 amide bonds. The van der Waals surface area contributed by atoms with Crippen LogP contribution < -0.4 is 0 Å². The SMILES string of the molecule is CCCC[N+]1(CCCC)CCCOC1. The summed E-state index contributed by atoms with van der Waals surface area (Å²) in [5.41, 5.74) is 0. The Morgan fingerprint density at radius 3 is 2.14 bits per heavy atom. The number of quaternary nitrogens is 1. The number of ether oxygens (including phenoxy) is 1. The Morgan fingerprint density at radius 2 is 1.71 bits per heavy atom. The second-order valence-corrected chi connectivity index (χ2v) is 4.61. The van der Waals surface area contributed by atoms with Gasteiger partial charge in [0, 0.05) is 6.42 Å². The summed E-state index contributed by atoms with van der Waals surface area (Å²) in [6, 6.07) is 0. The predicted molar refractivity (Wildman–Crippen MR) is 60.1 cm³/mol. The molecule has 0 bridgehead atoms. The van der Waals surface area contributed by atoms with Gasteiger partial charge >= 0.3 is 0 Å². The van der Waals surface area contributed by atoms with Crippen molar-refractivity contribution >= 4 is 0 Å². The lowest BCUT2D eigenvalue weighted by molar-refractivity contribution is -0.952. The summed E-state index contributed by atoms with van der Waals surface area (Å²) in [6.45, 7) is 10.5. The Hall–Kier alpha value is -0.0800. The van der Waals surface area contributed by atoms with Crippen LogP contribution >= 0.6 is 0 Å². The molecule has 2 nitrogen and oxygen atoms in total. The zero-order valence-electron chi connectivity index (χ0n) is 9.93. The first-order valence-electron chi connectivity index (χ1n) is 6.26. The van der Waals surface area contributed by atoms with E-state index in [0.29, 0.717) is 0 Å². The molecule has 0 aliphatic carbocycles. The van der Waals surface area contributed by atoms with Crippen LogP contribution in [-0.2, 0) is 4.74 Å². The van der Waals surface area contributed by atoms with Gasteiger partial charge in [0.2, 0.25) is 0 Å². The standard InChI is InChI=1S/C12H26NO/c1-3-5-8-13(9-6-4-2)10-7-11-14-12-13/h3-12H2,1-2H3/q+1. The predicted octanol–water partition coefficient (Wildman–Crippen LogP) is 2.78. The topological polar surface area (TPSA) is 9.23 Å². The fourth-order valence-corrected chi connectivity index (χ4v) is 2.28. The highest BCUT2D eigenvalue weighted by Crippen LogP contribution is 2.17. The third-order valence-electron chi connectivity index (χ3n) is 3.26. The van der Waals surface area contributed by atoms with E-state index in [4.69, 9.17) is 4.74 Å². The van der Waals surface area contributed by atoms with Crippen molar-refractivity contribution in [3.63, 3.8) is 0 Å². The maximum absolute atomic E-state index is 5.65. The van der Waals surface area contributed by atoms with Crippen LogP contribution in [-0.4, -0.2) is 37.5 Å². The van der Waals surface area contributed by atoms with Gasteiger partial charge < -0.3 is 9.22 Å². The highest BCUT2D eigenvalue weighted by atomic mass is 16.5. The van der Waals surface area contributed by atoms with Crippen molar-refractivity contribution in [3.8, 4) is 0 Å². The normalized spacial score (nSPS) is 21.0. The Morgan fingerprint density at radius 1 is 1.07 bits per heavy atom.